The molecule has 34 heavy (non-hydrogen) atoms. The van der Waals surface area contributed by atoms with Gasteiger partial charge in [0.05, 0.1) is 14.2 Å². The van der Waals surface area contributed by atoms with Crippen molar-refractivity contribution in [3.05, 3.63) is 11.3 Å². The minimum atomic E-state index is -1.32. The van der Waals surface area contributed by atoms with Crippen LogP contribution in [0.5, 0.6) is 0 Å². The first kappa shape index (κ1) is 25.5. The van der Waals surface area contributed by atoms with Gasteiger partial charge in [-0.3, -0.25) is 0 Å². The molecule has 1 N–H and O–H groups in total. The first-order valence-electron chi connectivity index (χ1n) is 14.8. The lowest BCUT2D eigenvalue weighted by molar-refractivity contribution is -0.161. The molecule has 0 aromatic rings. The van der Waals surface area contributed by atoms with E-state index in [1.807, 2.05) is 7.11 Å². The highest BCUT2D eigenvalue weighted by molar-refractivity contribution is 6.83. The molecule has 0 heterocycles. The van der Waals surface area contributed by atoms with E-state index in [0.29, 0.717) is 46.7 Å². The van der Waals surface area contributed by atoms with Crippen LogP contribution in [0.4, 0.5) is 0 Å². The summed E-state index contributed by atoms with van der Waals surface area (Å²) in [6.45, 7) is 17.9. The second-order valence-electron chi connectivity index (χ2n) is 15.2. The summed E-state index contributed by atoms with van der Waals surface area (Å²) in [4.78, 5) is 0. The molecule has 2 nitrogen and oxygen atoms in total. The van der Waals surface area contributed by atoms with Crippen LogP contribution >= 0.6 is 0 Å². The SMILES string of the molecule is CO[C@@H]1C[C@H]2[C@@H]3CC[C@H]([C@H](CO)C/C=C(/C(C)C)[Si](C)(C)C)[C@@]3(C)CC[C@@H]2[C@@]2(C)CC[C@@H]3C[C@]312. The van der Waals surface area contributed by atoms with Crippen LogP contribution in [0, 0.1) is 57.7 Å². The van der Waals surface area contributed by atoms with Gasteiger partial charge in [-0.1, -0.05) is 58.6 Å². The van der Waals surface area contributed by atoms with Gasteiger partial charge >= 0.3 is 0 Å². The molecule has 0 bridgehead atoms. The fraction of sp³-hybridized carbons (Fsp3) is 0.935. The van der Waals surface area contributed by atoms with Gasteiger partial charge in [-0.2, -0.15) is 0 Å². The summed E-state index contributed by atoms with van der Waals surface area (Å²) in [6.07, 6.45) is 15.4. The maximum absolute atomic E-state index is 10.6. The molecule has 5 aliphatic carbocycles. The molecule has 0 amide bonds. The summed E-state index contributed by atoms with van der Waals surface area (Å²) in [5, 5.41) is 12.3. The van der Waals surface area contributed by atoms with E-state index in [0.717, 1.165) is 30.1 Å². The molecule has 194 valence electrons. The highest BCUT2D eigenvalue weighted by Crippen LogP contribution is 2.82. The minimum Gasteiger partial charge on any atom is -0.396 e. The lowest BCUT2D eigenvalue weighted by Gasteiger charge is -2.61. The maximum atomic E-state index is 10.6. The number of aliphatic hydroxyl groups is 1. The lowest BCUT2D eigenvalue weighted by atomic mass is 9.45. The molecule has 1 spiro atoms. The molecule has 0 aromatic carbocycles. The molecule has 5 fully saturated rings. The molecular weight excluding hydrogens is 432 g/mol. The van der Waals surface area contributed by atoms with Gasteiger partial charge in [0.15, 0.2) is 0 Å². The van der Waals surface area contributed by atoms with Crippen LogP contribution in [0.15, 0.2) is 11.3 Å². The number of fused-ring (bicyclic) bond motifs is 4. The first-order chi connectivity index (χ1) is 15.9. The fourth-order valence-corrected chi connectivity index (χ4v) is 13.9. The van der Waals surface area contributed by atoms with Crippen LogP contribution in [0.1, 0.15) is 85.5 Å². The Bertz CT molecular complexity index is 813. The Labute approximate surface area is 211 Å². The van der Waals surface area contributed by atoms with E-state index in [4.69, 9.17) is 4.74 Å². The van der Waals surface area contributed by atoms with Crippen LogP contribution in [0.3, 0.4) is 0 Å². The number of hydrogen-bond acceptors (Lipinski definition) is 2. The summed E-state index contributed by atoms with van der Waals surface area (Å²) in [6, 6.07) is 0. The fourth-order valence-electron chi connectivity index (χ4n) is 11.4. The predicted molar refractivity (Wildman–Crippen MR) is 145 cm³/mol. The monoisotopic (exact) mass is 486 g/mol. The molecular formula is C31H54O2Si. The van der Waals surface area contributed by atoms with Gasteiger partial charge in [0, 0.05) is 19.1 Å². The summed E-state index contributed by atoms with van der Waals surface area (Å²) in [5.41, 5.74) is 1.45. The van der Waals surface area contributed by atoms with Gasteiger partial charge in [0.2, 0.25) is 0 Å². The van der Waals surface area contributed by atoms with Crippen LogP contribution in [-0.4, -0.2) is 33.0 Å². The molecule has 0 aromatic heterocycles. The number of hydrogen-bond donors (Lipinski definition) is 1. The predicted octanol–water partition coefficient (Wildman–Crippen LogP) is 7.73. The van der Waals surface area contributed by atoms with Crippen molar-refractivity contribution in [1.82, 2.24) is 0 Å². The average Bonchev–Trinajstić information content (AvgIpc) is 3.28. The van der Waals surface area contributed by atoms with Crippen molar-refractivity contribution >= 4 is 8.07 Å². The van der Waals surface area contributed by atoms with Gasteiger partial charge in [-0.05, 0) is 110 Å². The van der Waals surface area contributed by atoms with Crippen LogP contribution in [-0.2, 0) is 4.74 Å². The van der Waals surface area contributed by atoms with Gasteiger partial charge < -0.3 is 9.84 Å². The Morgan fingerprint density at radius 1 is 1.06 bits per heavy atom. The second kappa shape index (κ2) is 8.45. The third-order valence-corrected chi connectivity index (χ3v) is 15.3. The first-order valence-corrected chi connectivity index (χ1v) is 18.3. The van der Waals surface area contributed by atoms with Crippen molar-refractivity contribution in [2.24, 2.45) is 57.7 Å². The summed E-state index contributed by atoms with van der Waals surface area (Å²) >= 11 is 0. The van der Waals surface area contributed by atoms with Crippen LogP contribution < -0.4 is 0 Å². The van der Waals surface area contributed by atoms with Gasteiger partial charge in [-0.25, -0.2) is 0 Å². The molecule has 0 saturated heterocycles. The van der Waals surface area contributed by atoms with Crippen LogP contribution in [0.2, 0.25) is 19.6 Å². The van der Waals surface area contributed by atoms with Gasteiger partial charge in [-0.15, -0.1) is 0 Å². The van der Waals surface area contributed by atoms with Gasteiger partial charge in [0.25, 0.3) is 0 Å². The van der Waals surface area contributed by atoms with E-state index < -0.39 is 8.07 Å². The van der Waals surface area contributed by atoms with Crippen molar-refractivity contribution in [1.29, 1.82) is 0 Å². The average molecular weight is 487 g/mol. The van der Waals surface area contributed by atoms with E-state index in [-0.39, 0.29) is 0 Å². The van der Waals surface area contributed by atoms with E-state index in [1.165, 1.54) is 51.4 Å². The zero-order valence-corrected chi connectivity index (χ0v) is 24.6. The molecule has 0 aliphatic heterocycles. The molecule has 5 saturated carbocycles. The molecule has 5 rings (SSSR count). The third kappa shape index (κ3) is 3.45. The van der Waals surface area contributed by atoms with E-state index in [1.54, 1.807) is 5.20 Å². The third-order valence-electron chi connectivity index (χ3n) is 12.8. The molecule has 0 unspecified atom stereocenters. The van der Waals surface area contributed by atoms with Crippen molar-refractivity contribution in [2.45, 2.75) is 111 Å². The Morgan fingerprint density at radius 3 is 2.38 bits per heavy atom. The van der Waals surface area contributed by atoms with Crippen LogP contribution in [0.25, 0.3) is 0 Å². The van der Waals surface area contributed by atoms with E-state index >= 15 is 0 Å². The summed E-state index contributed by atoms with van der Waals surface area (Å²) in [5.74, 6) is 5.28. The zero-order valence-electron chi connectivity index (χ0n) is 23.6. The molecule has 3 heteroatoms. The number of aliphatic hydroxyl groups excluding tert-OH is 1. The summed E-state index contributed by atoms with van der Waals surface area (Å²) in [7, 11) is 0.690. The minimum absolute atomic E-state index is 0.359. The van der Waals surface area contributed by atoms with E-state index in [2.05, 4.69) is 53.4 Å². The molecule has 0 radical (unpaired) electrons. The topological polar surface area (TPSA) is 29.5 Å². The summed E-state index contributed by atoms with van der Waals surface area (Å²) < 4.78 is 6.32. The normalized spacial score (nSPS) is 48.8. The smallest absolute Gasteiger partial charge is 0.0723 e. The maximum Gasteiger partial charge on any atom is 0.0723 e. The number of methoxy groups -OCH3 is 1. The Balaban J connectivity index is 1.38. The van der Waals surface area contributed by atoms with Crippen molar-refractivity contribution in [3.8, 4) is 0 Å². The van der Waals surface area contributed by atoms with E-state index in [9.17, 15) is 5.11 Å². The highest BCUT2D eigenvalue weighted by atomic mass is 28.3. The Morgan fingerprint density at radius 2 is 1.79 bits per heavy atom. The molecule has 5 aliphatic rings. The number of rotatable bonds is 7. The largest absolute Gasteiger partial charge is 0.396 e. The number of ether oxygens (including phenoxy) is 1. The van der Waals surface area contributed by atoms with Crippen molar-refractivity contribution in [2.75, 3.05) is 13.7 Å². The van der Waals surface area contributed by atoms with Gasteiger partial charge in [0.1, 0.15) is 0 Å². The van der Waals surface area contributed by atoms with Crippen molar-refractivity contribution in [3.63, 3.8) is 0 Å². The second-order valence-corrected chi connectivity index (χ2v) is 20.3. The standard InChI is InChI=1S/C31H54O2Si/c1-20(2)27(34(6,7)8)12-9-21(19-32)24-10-11-25-23-17-28(33-5)31-18-22(31)13-16-30(31,4)26(23)14-15-29(24,25)3/h12,20-26,28,32H,9-11,13-19H2,1-8H3/b27-12-/t21-,22+,23-,24+,25-,26-,28+,29+,30+,31-/m0/s1. The number of allylic oxidation sites excluding steroid dienone is 2. The zero-order chi connectivity index (χ0) is 24.7. The highest BCUT2D eigenvalue weighted by Gasteiger charge is 2.77. The van der Waals surface area contributed by atoms with Crippen molar-refractivity contribution < 1.29 is 9.84 Å². The molecule has 10 atom stereocenters. The Hall–Kier alpha value is -0.123. The quantitative estimate of drug-likeness (QED) is 0.373. The lowest BCUT2D eigenvalue weighted by Crippen LogP contribution is -2.57. The Kier molecular flexibility index (Phi) is 6.34.